The molecule has 0 N–H and O–H groups in total. The lowest BCUT2D eigenvalue weighted by molar-refractivity contribution is -0.142. The van der Waals surface area contributed by atoms with E-state index in [-0.39, 0.29) is 17.1 Å². The van der Waals surface area contributed by atoms with E-state index in [1.807, 2.05) is 31.2 Å². The van der Waals surface area contributed by atoms with Crippen LogP contribution in [0.15, 0.2) is 45.6 Å². The third kappa shape index (κ3) is 4.91. The summed E-state index contributed by atoms with van der Waals surface area (Å²) in [5, 5.41) is 0. The molecule has 0 bridgehead atoms. The van der Waals surface area contributed by atoms with E-state index in [0.717, 1.165) is 11.1 Å². The quantitative estimate of drug-likeness (QED) is 0.456. The molecule has 0 aliphatic rings. The second-order valence-corrected chi connectivity index (χ2v) is 5.36. The van der Waals surface area contributed by atoms with Gasteiger partial charge in [0.1, 0.15) is 17.1 Å². The highest BCUT2D eigenvalue weighted by molar-refractivity contribution is 6.08. The summed E-state index contributed by atoms with van der Waals surface area (Å²) in [5.41, 5.74) is 0.783. The number of hydrogen-bond acceptors (Lipinski definition) is 6. The first-order chi connectivity index (χ1) is 11.9. The summed E-state index contributed by atoms with van der Waals surface area (Å²) in [7, 11) is 1.22. The SMILES string of the molecule is COC(=O)COc1cc(C)oc(=O)c1C(=O)C=Cc1cccc(C)c1. The zero-order chi connectivity index (χ0) is 18.4. The highest BCUT2D eigenvalue weighted by Gasteiger charge is 2.19. The molecule has 6 heteroatoms. The van der Waals surface area contributed by atoms with Crippen LogP contribution >= 0.6 is 0 Å². The summed E-state index contributed by atoms with van der Waals surface area (Å²) >= 11 is 0. The lowest BCUT2D eigenvalue weighted by atomic mass is 10.1. The Morgan fingerprint density at radius 2 is 1.96 bits per heavy atom. The van der Waals surface area contributed by atoms with Gasteiger partial charge in [0.25, 0.3) is 0 Å². The summed E-state index contributed by atoms with van der Waals surface area (Å²) in [6, 6.07) is 8.92. The van der Waals surface area contributed by atoms with Crippen molar-refractivity contribution >= 4 is 17.8 Å². The second-order valence-electron chi connectivity index (χ2n) is 5.36. The summed E-state index contributed by atoms with van der Waals surface area (Å²) in [6.45, 7) is 3.07. The first kappa shape index (κ1) is 18.2. The topological polar surface area (TPSA) is 82.8 Å². The Bertz CT molecular complexity index is 876. The molecular weight excluding hydrogens is 324 g/mol. The van der Waals surface area contributed by atoms with E-state index in [4.69, 9.17) is 9.15 Å². The predicted octanol–water partition coefficient (Wildman–Crippen LogP) is 2.70. The number of hydrogen-bond donors (Lipinski definition) is 0. The van der Waals surface area contributed by atoms with Gasteiger partial charge in [-0.05, 0) is 25.5 Å². The monoisotopic (exact) mass is 342 g/mol. The molecule has 2 aromatic rings. The van der Waals surface area contributed by atoms with Crippen LogP contribution in [-0.4, -0.2) is 25.5 Å². The number of methoxy groups -OCH3 is 1. The van der Waals surface area contributed by atoms with Gasteiger partial charge < -0.3 is 13.9 Å². The van der Waals surface area contributed by atoms with Gasteiger partial charge in [0.05, 0.1) is 7.11 Å². The van der Waals surface area contributed by atoms with E-state index in [0.29, 0.717) is 0 Å². The number of aryl methyl sites for hydroxylation is 2. The van der Waals surface area contributed by atoms with E-state index in [9.17, 15) is 14.4 Å². The number of carbonyl (C=O) groups excluding carboxylic acids is 2. The minimum absolute atomic E-state index is 0.0157. The molecule has 2 rings (SSSR count). The average molecular weight is 342 g/mol. The summed E-state index contributed by atoms with van der Waals surface area (Å²) < 4.78 is 14.7. The molecule has 1 aromatic heterocycles. The van der Waals surface area contributed by atoms with Crippen molar-refractivity contribution in [3.63, 3.8) is 0 Å². The third-order valence-electron chi connectivity index (χ3n) is 3.33. The molecule has 0 saturated heterocycles. The Kier molecular flexibility index (Phi) is 5.89. The summed E-state index contributed by atoms with van der Waals surface area (Å²) in [5.74, 6) is -0.947. The molecule has 0 amide bonds. The number of benzene rings is 1. The van der Waals surface area contributed by atoms with Crippen LogP contribution in [0, 0.1) is 13.8 Å². The highest BCUT2D eigenvalue weighted by atomic mass is 16.6. The zero-order valence-electron chi connectivity index (χ0n) is 14.2. The molecule has 1 aromatic carbocycles. The van der Waals surface area contributed by atoms with Crippen LogP contribution in [0.4, 0.5) is 0 Å². The number of rotatable bonds is 6. The van der Waals surface area contributed by atoms with Crippen molar-refractivity contribution in [3.8, 4) is 5.75 Å². The van der Waals surface area contributed by atoms with Crippen LogP contribution in [0.2, 0.25) is 0 Å². The van der Waals surface area contributed by atoms with Crippen LogP contribution in [0.5, 0.6) is 5.75 Å². The molecule has 0 aliphatic carbocycles. The molecule has 6 nitrogen and oxygen atoms in total. The van der Waals surface area contributed by atoms with Crippen molar-refractivity contribution in [3.05, 3.63) is 69.3 Å². The number of esters is 1. The number of ether oxygens (including phenoxy) is 2. The molecule has 25 heavy (non-hydrogen) atoms. The Hall–Kier alpha value is -3.15. The van der Waals surface area contributed by atoms with E-state index in [1.165, 1.54) is 19.3 Å². The fourth-order valence-electron chi connectivity index (χ4n) is 2.14. The van der Waals surface area contributed by atoms with Gasteiger partial charge in [-0.2, -0.15) is 0 Å². The largest absolute Gasteiger partial charge is 0.481 e. The van der Waals surface area contributed by atoms with Crippen LogP contribution < -0.4 is 10.4 Å². The van der Waals surface area contributed by atoms with Gasteiger partial charge in [0.2, 0.25) is 0 Å². The van der Waals surface area contributed by atoms with E-state index in [2.05, 4.69) is 4.74 Å². The van der Waals surface area contributed by atoms with Crippen LogP contribution in [0.1, 0.15) is 27.2 Å². The van der Waals surface area contributed by atoms with E-state index in [1.54, 1.807) is 13.0 Å². The minimum atomic E-state index is -0.821. The minimum Gasteiger partial charge on any atom is -0.481 e. The average Bonchev–Trinajstić information content (AvgIpc) is 2.57. The van der Waals surface area contributed by atoms with Crippen molar-refractivity contribution in [2.75, 3.05) is 13.7 Å². The Labute approximate surface area is 144 Å². The lowest BCUT2D eigenvalue weighted by Crippen LogP contribution is -2.19. The number of ketones is 1. The molecule has 0 saturated carbocycles. The van der Waals surface area contributed by atoms with Crippen LogP contribution in [0.3, 0.4) is 0 Å². The van der Waals surface area contributed by atoms with Crippen molar-refractivity contribution < 1.29 is 23.5 Å². The molecule has 130 valence electrons. The third-order valence-corrected chi connectivity index (χ3v) is 3.33. The molecule has 0 aliphatic heterocycles. The van der Waals surface area contributed by atoms with Gasteiger partial charge in [-0.3, -0.25) is 4.79 Å². The van der Waals surface area contributed by atoms with Gasteiger partial charge in [0, 0.05) is 6.07 Å². The zero-order valence-corrected chi connectivity index (χ0v) is 14.2. The summed E-state index contributed by atoms with van der Waals surface area (Å²) in [6.07, 6.45) is 2.86. The van der Waals surface area contributed by atoms with Crippen LogP contribution in [0.25, 0.3) is 6.08 Å². The predicted molar refractivity (Wildman–Crippen MR) is 91.8 cm³/mol. The molecular formula is C19H18O6. The molecule has 0 atom stereocenters. The first-order valence-corrected chi connectivity index (χ1v) is 7.54. The maximum absolute atomic E-state index is 12.4. The normalized spacial score (nSPS) is 10.7. The number of allylic oxidation sites excluding steroid dienone is 1. The fraction of sp³-hybridized carbons (Fsp3) is 0.211. The highest BCUT2D eigenvalue weighted by Crippen LogP contribution is 2.18. The Balaban J connectivity index is 2.31. The van der Waals surface area contributed by atoms with Crippen molar-refractivity contribution in [1.82, 2.24) is 0 Å². The first-order valence-electron chi connectivity index (χ1n) is 7.54. The van der Waals surface area contributed by atoms with Gasteiger partial charge in [0.15, 0.2) is 12.4 Å². The van der Waals surface area contributed by atoms with E-state index >= 15 is 0 Å². The molecule has 0 radical (unpaired) electrons. The Morgan fingerprint density at radius 1 is 1.20 bits per heavy atom. The molecule has 0 unspecified atom stereocenters. The van der Waals surface area contributed by atoms with E-state index < -0.39 is 24.0 Å². The summed E-state index contributed by atoms with van der Waals surface area (Å²) in [4.78, 5) is 35.7. The van der Waals surface area contributed by atoms with Crippen molar-refractivity contribution in [1.29, 1.82) is 0 Å². The smallest absolute Gasteiger partial charge is 0.351 e. The van der Waals surface area contributed by atoms with Gasteiger partial charge in [-0.15, -0.1) is 0 Å². The fourth-order valence-corrected chi connectivity index (χ4v) is 2.14. The van der Waals surface area contributed by atoms with Gasteiger partial charge in [-0.1, -0.05) is 35.9 Å². The standard InChI is InChI=1S/C19H18O6/c1-12-5-4-6-14(9-12)7-8-15(20)18-16(24-11-17(21)23-3)10-13(2)25-19(18)22/h4-10H,11H2,1-3H3. The second kappa shape index (κ2) is 8.10. The lowest BCUT2D eigenvalue weighted by Gasteiger charge is -2.08. The molecule has 1 heterocycles. The van der Waals surface area contributed by atoms with Crippen molar-refractivity contribution in [2.45, 2.75) is 13.8 Å². The molecule has 0 fully saturated rings. The van der Waals surface area contributed by atoms with Gasteiger partial charge in [-0.25, -0.2) is 9.59 Å². The number of carbonyl (C=O) groups is 2. The maximum Gasteiger partial charge on any atom is 0.351 e. The maximum atomic E-state index is 12.4. The van der Waals surface area contributed by atoms with Gasteiger partial charge >= 0.3 is 11.6 Å². The van der Waals surface area contributed by atoms with Crippen LogP contribution in [-0.2, 0) is 9.53 Å². The molecule has 0 spiro atoms. The van der Waals surface area contributed by atoms with Crippen molar-refractivity contribution in [2.24, 2.45) is 0 Å². The Morgan fingerprint density at radius 3 is 2.64 bits per heavy atom.